The van der Waals surface area contributed by atoms with Crippen LogP contribution in [0.15, 0.2) is 24.4 Å². The molecule has 2 unspecified atom stereocenters. The van der Waals surface area contributed by atoms with Gasteiger partial charge in [0.1, 0.15) is 17.4 Å². The number of nitrogens with zero attached hydrogens (tertiary/aromatic N) is 7. The number of aromatic nitrogens is 4. The highest BCUT2D eigenvalue weighted by atomic mass is 35.5. The smallest absolute Gasteiger partial charge is 0.190 e. The van der Waals surface area contributed by atoms with Gasteiger partial charge in [-0.2, -0.15) is 10.4 Å². The van der Waals surface area contributed by atoms with Crippen molar-refractivity contribution in [2.45, 2.75) is 25.8 Å². The molecule has 178 valence electrons. The third-order valence-electron chi connectivity index (χ3n) is 7.12. The Labute approximate surface area is 208 Å². The molecule has 0 saturated carbocycles. The molecule has 8 nitrogen and oxygen atoms in total. The number of fused-ring (bicyclic) bond motifs is 1. The van der Waals surface area contributed by atoms with E-state index in [2.05, 4.69) is 26.0 Å². The van der Waals surface area contributed by atoms with Crippen molar-refractivity contribution in [1.82, 2.24) is 24.6 Å². The molecule has 2 atom stereocenters. The van der Waals surface area contributed by atoms with E-state index in [1.165, 1.54) is 6.42 Å². The van der Waals surface area contributed by atoms with Gasteiger partial charge in [-0.05, 0) is 55.8 Å². The molecule has 0 aliphatic carbocycles. The standard InChI is InChI=1S/C24H27Cl2N7O/c1-15(19-4-3-18(25)9-20(19)26)33-24-23(21(10-27)30-33)28-11-22(29-24)32-13-17(14-32)16-5-7-31(12-16)6-2-8-34/h3-4,9,11,15-17,34H,2,5-8,12-14H2,1H3. The zero-order chi connectivity index (χ0) is 23.8. The molecule has 1 aromatic carbocycles. The number of likely N-dealkylation sites (tertiary alicyclic amines) is 1. The Morgan fingerprint density at radius 2 is 2.06 bits per heavy atom. The van der Waals surface area contributed by atoms with Crippen molar-refractivity contribution in [2.24, 2.45) is 11.8 Å². The van der Waals surface area contributed by atoms with E-state index >= 15 is 0 Å². The van der Waals surface area contributed by atoms with Gasteiger partial charge in [0.15, 0.2) is 11.3 Å². The minimum absolute atomic E-state index is 0.244. The van der Waals surface area contributed by atoms with Gasteiger partial charge in [0.25, 0.3) is 0 Å². The Kier molecular flexibility index (Phi) is 6.63. The van der Waals surface area contributed by atoms with Gasteiger partial charge in [-0.25, -0.2) is 14.6 Å². The van der Waals surface area contributed by atoms with E-state index in [1.54, 1.807) is 23.0 Å². The van der Waals surface area contributed by atoms with Crippen LogP contribution in [-0.2, 0) is 0 Å². The zero-order valence-electron chi connectivity index (χ0n) is 19.0. The van der Waals surface area contributed by atoms with Crippen LogP contribution in [-0.4, -0.2) is 69.1 Å². The van der Waals surface area contributed by atoms with Crippen LogP contribution in [0.4, 0.5) is 5.82 Å². The monoisotopic (exact) mass is 499 g/mol. The molecule has 2 fully saturated rings. The number of hydrogen-bond donors (Lipinski definition) is 1. The molecular formula is C24H27Cl2N7O. The molecule has 0 amide bonds. The minimum atomic E-state index is -0.244. The number of benzene rings is 1. The van der Waals surface area contributed by atoms with E-state index in [4.69, 9.17) is 33.3 Å². The summed E-state index contributed by atoms with van der Waals surface area (Å²) >= 11 is 12.5. The summed E-state index contributed by atoms with van der Waals surface area (Å²) in [5.41, 5.74) is 2.17. The number of anilines is 1. The lowest BCUT2D eigenvalue weighted by Crippen LogP contribution is -2.51. The molecule has 0 bridgehead atoms. The van der Waals surface area contributed by atoms with Crippen molar-refractivity contribution in [2.75, 3.05) is 44.2 Å². The van der Waals surface area contributed by atoms with Crippen LogP contribution in [0.3, 0.4) is 0 Å². The Morgan fingerprint density at radius 3 is 2.79 bits per heavy atom. The molecule has 2 aliphatic heterocycles. The second kappa shape index (κ2) is 9.67. The molecule has 2 aromatic heterocycles. The number of hydrogen-bond acceptors (Lipinski definition) is 7. The summed E-state index contributed by atoms with van der Waals surface area (Å²) < 4.78 is 1.73. The normalized spacial score (nSPS) is 20.0. The number of rotatable bonds is 7. The Balaban J connectivity index is 1.35. The summed E-state index contributed by atoms with van der Waals surface area (Å²) in [6.45, 7) is 7.35. The van der Waals surface area contributed by atoms with Crippen LogP contribution < -0.4 is 4.90 Å². The van der Waals surface area contributed by atoms with Gasteiger partial charge in [-0.1, -0.05) is 29.3 Å². The predicted molar refractivity (Wildman–Crippen MR) is 132 cm³/mol. The third kappa shape index (κ3) is 4.34. The SMILES string of the molecule is CC(c1ccc(Cl)cc1Cl)n1nc(C#N)c2ncc(N3CC(C4CCN(CCCO)C4)C3)nc21. The average Bonchev–Trinajstić information content (AvgIpc) is 3.40. The van der Waals surface area contributed by atoms with Crippen LogP contribution in [0.25, 0.3) is 11.2 Å². The summed E-state index contributed by atoms with van der Waals surface area (Å²) in [5.74, 6) is 2.14. The maximum atomic E-state index is 9.59. The summed E-state index contributed by atoms with van der Waals surface area (Å²) in [7, 11) is 0. The van der Waals surface area contributed by atoms with E-state index in [1.807, 2.05) is 13.0 Å². The van der Waals surface area contributed by atoms with Crippen LogP contribution >= 0.6 is 23.2 Å². The summed E-state index contributed by atoms with van der Waals surface area (Å²) in [6.07, 6.45) is 3.80. The highest BCUT2D eigenvalue weighted by molar-refractivity contribution is 6.35. The first-order valence-electron chi connectivity index (χ1n) is 11.7. The van der Waals surface area contributed by atoms with Gasteiger partial charge in [0, 0.05) is 42.8 Å². The molecule has 5 rings (SSSR count). The fourth-order valence-electron chi connectivity index (χ4n) is 5.11. The van der Waals surface area contributed by atoms with Crippen molar-refractivity contribution in [3.8, 4) is 6.07 Å². The molecule has 2 aliphatic rings. The van der Waals surface area contributed by atoms with Crippen molar-refractivity contribution >= 4 is 40.2 Å². The van der Waals surface area contributed by atoms with Gasteiger partial charge in [0.05, 0.1) is 12.2 Å². The lowest BCUT2D eigenvalue weighted by molar-refractivity contribution is 0.226. The van der Waals surface area contributed by atoms with Crippen molar-refractivity contribution in [1.29, 1.82) is 5.26 Å². The molecule has 1 N–H and O–H groups in total. The third-order valence-corrected chi connectivity index (χ3v) is 7.68. The first kappa shape index (κ1) is 23.3. The second-order valence-corrected chi connectivity index (χ2v) is 10.1. The van der Waals surface area contributed by atoms with Crippen LogP contribution in [0.5, 0.6) is 0 Å². The van der Waals surface area contributed by atoms with E-state index in [0.717, 1.165) is 50.5 Å². The summed E-state index contributed by atoms with van der Waals surface area (Å²) in [5, 5.41) is 24.3. The Morgan fingerprint density at radius 1 is 1.24 bits per heavy atom. The predicted octanol–water partition coefficient (Wildman–Crippen LogP) is 3.75. The number of aliphatic hydroxyl groups is 1. The van der Waals surface area contributed by atoms with Gasteiger partial charge in [0.2, 0.25) is 0 Å². The fraction of sp³-hybridized carbons (Fsp3) is 0.500. The van der Waals surface area contributed by atoms with Gasteiger partial charge < -0.3 is 14.9 Å². The number of aliphatic hydroxyl groups excluding tert-OH is 1. The Hall–Kier alpha value is -2.44. The topological polar surface area (TPSA) is 94.1 Å². The molecule has 4 heterocycles. The lowest BCUT2D eigenvalue weighted by atomic mass is 9.85. The molecule has 10 heteroatoms. The molecule has 0 radical (unpaired) electrons. The average molecular weight is 500 g/mol. The summed E-state index contributed by atoms with van der Waals surface area (Å²) in [4.78, 5) is 14.1. The highest BCUT2D eigenvalue weighted by Gasteiger charge is 2.38. The quantitative estimate of drug-likeness (QED) is 0.528. The van der Waals surface area contributed by atoms with E-state index in [0.29, 0.717) is 33.0 Å². The largest absolute Gasteiger partial charge is 0.396 e. The fourth-order valence-corrected chi connectivity index (χ4v) is 5.68. The Bertz CT molecular complexity index is 1230. The second-order valence-electron chi connectivity index (χ2n) is 9.24. The van der Waals surface area contributed by atoms with Gasteiger partial charge >= 0.3 is 0 Å². The lowest BCUT2D eigenvalue weighted by Gasteiger charge is -2.43. The molecule has 3 aromatic rings. The van der Waals surface area contributed by atoms with Crippen molar-refractivity contribution in [3.63, 3.8) is 0 Å². The number of nitriles is 1. The van der Waals surface area contributed by atoms with Crippen molar-refractivity contribution < 1.29 is 5.11 Å². The van der Waals surface area contributed by atoms with Crippen molar-refractivity contribution in [3.05, 3.63) is 45.7 Å². The molecule has 2 saturated heterocycles. The minimum Gasteiger partial charge on any atom is -0.396 e. The van der Waals surface area contributed by atoms with E-state index < -0.39 is 0 Å². The highest BCUT2D eigenvalue weighted by Crippen LogP contribution is 2.35. The maximum absolute atomic E-state index is 9.59. The van der Waals surface area contributed by atoms with Gasteiger partial charge in [-0.3, -0.25) is 0 Å². The molecular weight excluding hydrogens is 473 g/mol. The first-order chi connectivity index (χ1) is 16.5. The summed E-state index contributed by atoms with van der Waals surface area (Å²) in [6, 6.07) is 7.26. The molecule has 34 heavy (non-hydrogen) atoms. The molecule has 0 spiro atoms. The maximum Gasteiger partial charge on any atom is 0.190 e. The van der Waals surface area contributed by atoms with Crippen LogP contribution in [0.2, 0.25) is 10.0 Å². The van der Waals surface area contributed by atoms with Crippen LogP contribution in [0, 0.1) is 23.2 Å². The first-order valence-corrected chi connectivity index (χ1v) is 12.4. The zero-order valence-corrected chi connectivity index (χ0v) is 20.5. The van der Waals surface area contributed by atoms with E-state index in [-0.39, 0.29) is 18.3 Å². The van der Waals surface area contributed by atoms with Crippen LogP contribution in [0.1, 0.15) is 37.1 Å². The van der Waals surface area contributed by atoms with Gasteiger partial charge in [-0.15, -0.1) is 0 Å². The van der Waals surface area contributed by atoms with E-state index in [9.17, 15) is 5.26 Å². The number of halogens is 2.